The first kappa shape index (κ1) is 17.3. The monoisotopic (exact) mass is 218 g/mol. The van der Waals surface area contributed by atoms with Crippen LogP contribution in [0.4, 0.5) is 0 Å². The summed E-state index contributed by atoms with van der Waals surface area (Å²) in [7, 11) is -0.0779. The third kappa shape index (κ3) is 10.2. The largest absolute Gasteiger partial charge is 0.457 e. The summed E-state index contributed by atoms with van der Waals surface area (Å²) in [5.41, 5.74) is 0. The summed E-state index contributed by atoms with van der Waals surface area (Å²) in [6.45, 7) is 11.8. The SMILES string of the molecule is CC.CC.C[C@H](CO)CB1OCCCO1. The Morgan fingerprint density at radius 1 is 1.13 bits per heavy atom. The highest BCUT2D eigenvalue weighted by molar-refractivity contribution is 6.44. The third-order valence-electron chi connectivity index (χ3n) is 1.80. The van der Waals surface area contributed by atoms with Crippen LogP contribution in [0, 0.1) is 5.92 Å². The molecule has 0 aliphatic carbocycles. The molecule has 4 heteroatoms. The maximum atomic E-state index is 8.75. The van der Waals surface area contributed by atoms with Crippen molar-refractivity contribution in [3.8, 4) is 0 Å². The van der Waals surface area contributed by atoms with E-state index in [1.54, 1.807) is 0 Å². The Balaban J connectivity index is 0. The molecular weight excluding hydrogens is 191 g/mol. The van der Waals surface area contributed by atoms with Gasteiger partial charge < -0.3 is 14.4 Å². The second kappa shape index (κ2) is 13.9. The lowest BCUT2D eigenvalue weighted by molar-refractivity contribution is 0.127. The molecular formula is C11H27BO3. The quantitative estimate of drug-likeness (QED) is 0.740. The second-order valence-electron chi connectivity index (χ2n) is 3.05. The summed E-state index contributed by atoms with van der Waals surface area (Å²) >= 11 is 0. The zero-order valence-electron chi connectivity index (χ0n) is 11.0. The molecule has 1 rings (SSSR count). The minimum atomic E-state index is -0.0779. The van der Waals surface area contributed by atoms with Gasteiger partial charge in [0.2, 0.25) is 0 Å². The van der Waals surface area contributed by atoms with Crippen LogP contribution >= 0.6 is 0 Å². The molecule has 0 unspecified atom stereocenters. The first-order valence-corrected chi connectivity index (χ1v) is 6.17. The lowest BCUT2D eigenvalue weighted by Crippen LogP contribution is -2.31. The molecule has 0 bridgehead atoms. The molecule has 1 fully saturated rings. The number of rotatable bonds is 3. The van der Waals surface area contributed by atoms with Crippen LogP contribution < -0.4 is 0 Å². The highest BCUT2D eigenvalue weighted by Crippen LogP contribution is 2.11. The van der Waals surface area contributed by atoms with Gasteiger partial charge in [0.05, 0.1) is 0 Å². The number of hydrogen-bond donors (Lipinski definition) is 1. The summed E-state index contributed by atoms with van der Waals surface area (Å²) < 4.78 is 10.6. The van der Waals surface area contributed by atoms with E-state index in [1.807, 2.05) is 34.6 Å². The van der Waals surface area contributed by atoms with Gasteiger partial charge in [-0.25, -0.2) is 0 Å². The summed E-state index contributed by atoms with van der Waals surface area (Å²) in [5.74, 6) is 0.276. The molecule has 1 N–H and O–H groups in total. The van der Waals surface area contributed by atoms with E-state index in [4.69, 9.17) is 14.4 Å². The first-order chi connectivity index (χ1) is 7.33. The minimum absolute atomic E-state index is 0.0779. The standard InChI is InChI=1S/C7H15BO3.2C2H6/c1-7(6-9)5-8-10-3-2-4-11-8;2*1-2/h7,9H,2-6H2,1H3;2*1-2H3/t7-;;/m0../s1. The van der Waals surface area contributed by atoms with Crippen LogP contribution in [0.1, 0.15) is 41.0 Å². The van der Waals surface area contributed by atoms with Crippen molar-refractivity contribution in [3.63, 3.8) is 0 Å². The predicted octanol–water partition coefficient (Wildman–Crippen LogP) is 2.59. The van der Waals surface area contributed by atoms with Crippen LogP contribution in [0.3, 0.4) is 0 Å². The lowest BCUT2D eigenvalue weighted by Gasteiger charge is -2.21. The van der Waals surface area contributed by atoms with E-state index in [9.17, 15) is 0 Å². The summed E-state index contributed by atoms with van der Waals surface area (Å²) in [6, 6.07) is 0. The van der Waals surface area contributed by atoms with Gasteiger partial charge in [-0.1, -0.05) is 34.6 Å². The van der Waals surface area contributed by atoms with E-state index >= 15 is 0 Å². The molecule has 1 aliphatic rings. The van der Waals surface area contributed by atoms with Crippen molar-refractivity contribution in [2.75, 3.05) is 19.8 Å². The van der Waals surface area contributed by atoms with E-state index in [0.29, 0.717) is 0 Å². The molecule has 92 valence electrons. The van der Waals surface area contributed by atoms with Gasteiger partial charge in [0.15, 0.2) is 0 Å². The number of hydrogen-bond acceptors (Lipinski definition) is 3. The minimum Gasteiger partial charge on any atom is -0.411 e. The summed E-state index contributed by atoms with van der Waals surface area (Å²) in [5, 5.41) is 8.75. The van der Waals surface area contributed by atoms with Crippen molar-refractivity contribution >= 4 is 7.12 Å². The summed E-state index contributed by atoms with van der Waals surface area (Å²) in [4.78, 5) is 0. The molecule has 0 radical (unpaired) electrons. The van der Waals surface area contributed by atoms with Gasteiger partial charge in [-0.2, -0.15) is 0 Å². The molecule has 0 spiro atoms. The van der Waals surface area contributed by atoms with Crippen molar-refractivity contribution in [2.45, 2.75) is 47.4 Å². The second-order valence-corrected chi connectivity index (χ2v) is 3.05. The van der Waals surface area contributed by atoms with Gasteiger partial charge in [0, 0.05) is 19.8 Å². The Bertz CT molecular complexity index is 106. The normalized spacial score (nSPS) is 16.8. The Kier molecular flexibility index (Phi) is 16.1. The lowest BCUT2D eigenvalue weighted by atomic mass is 9.77. The van der Waals surface area contributed by atoms with Gasteiger partial charge in [0.1, 0.15) is 0 Å². The molecule has 0 aromatic carbocycles. The van der Waals surface area contributed by atoms with Gasteiger partial charge in [-0.05, 0) is 18.7 Å². The molecule has 0 aromatic rings. The van der Waals surface area contributed by atoms with E-state index in [0.717, 1.165) is 26.0 Å². The van der Waals surface area contributed by atoms with Crippen LogP contribution in [-0.2, 0) is 9.31 Å². The van der Waals surface area contributed by atoms with Crippen molar-refractivity contribution in [1.29, 1.82) is 0 Å². The van der Waals surface area contributed by atoms with Crippen LogP contribution in [-0.4, -0.2) is 32.0 Å². The van der Waals surface area contributed by atoms with Crippen molar-refractivity contribution < 1.29 is 14.4 Å². The molecule has 0 aromatic heterocycles. The molecule has 0 saturated carbocycles. The van der Waals surface area contributed by atoms with Gasteiger partial charge in [0.25, 0.3) is 0 Å². The Morgan fingerprint density at radius 3 is 2.00 bits per heavy atom. The fourth-order valence-electron chi connectivity index (χ4n) is 1.08. The van der Waals surface area contributed by atoms with Gasteiger partial charge in [-0.15, -0.1) is 0 Å². The van der Waals surface area contributed by atoms with E-state index in [-0.39, 0.29) is 19.6 Å². The van der Waals surface area contributed by atoms with E-state index in [1.165, 1.54) is 0 Å². The van der Waals surface area contributed by atoms with Gasteiger partial charge in [-0.3, -0.25) is 0 Å². The highest BCUT2D eigenvalue weighted by atomic mass is 16.6. The zero-order valence-corrected chi connectivity index (χ0v) is 11.0. The maximum absolute atomic E-state index is 8.75. The highest BCUT2D eigenvalue weighted by Gasteiger charge is 2.23. The molecule has 15 heavy (non-hydrogen) atoms. The third-order valence-corrected chi connectivity index (χ3v) is 1.80. The zero-order chi connectivity index (χ0) is 12.1. The number of aliphatic hydroxyl groups excluding tert-OH is 1. The molecule has 1 heterocycles. The topological polar surface area (TPSA) is 38.7 Å². The Labute approximate surface area is 95.3 Å². The molecule has 3 nitrogen and oxygen atoms in total. The molecule has 1 aliphatic heterocycles. The van der Waals surface area contributed by atoms with E-state index in [2.05, 4.69) is 0 Å². The van der Waals surface area contributed by atoms with Crippen LogP contribution in [0.2, 0.25) is 6.32 Å². The van der Waals surface area contributed by atoms with Gasteiger partial charge >= 0.3 is 7.12 Å². The van der Waals surface area contributed by atoms with Crippen LogP contribution in [0.5, 0.6) is 0 Å². The maximum Gasteiger partial charge on any atom is 0.457 e. The van der Waals surface area contributed by atoms with E-state index < -0.39 is 0 Å². The molecule has 1 atom stereocenters. The van der Waals surface area contributed by atoms with Crippen molar-refractivity contribution in [3.05, 3.63) is 0 Å². The van der Waals surface area contributed by atoms with Crippen LogP contribution in [0.25, 0.3) is 0 Å². The smallest absolute Gasteiger partial charge is 0.411 e. The van der Waals surface area contributed by atoms with Crippen molar-refractivity contribution in [1.82, 2.24) is 0 Å². The molecule has 1 saturated heterocycles. The first-order valence-electron chi connectivity index (χ1n) is 6.17. The average molecular weight is 218 g/mol. The average Bonchev–Trinajstić information content (AvgIpc) is 2.35. The number of aliphatic hydroxyl groups is 1. The fraction of sp³-hybridized carbons (Fsp3) is 1.00. The fourth-order valence-corrected chi connectivity index (χ4v) is 1.08. The van der Waals surface area contributed by atoms with Crippen LogP contribution in [0.15, 0.2) is 0 Å². The Hall–Kier alpha value is -0.0551. The Morgan fingerprint density at radius 2 is 1.60 bits per heavy atom. The van der Waals surface area contributed by atoms with Crippen molar-refractivity contribution in [2.24, 2.45) is 5.92 Å². The predicted molar refractivity (Wildman–Crippen MR) is 66.0 cm³/mol. The summed E-state index contributed by atoms with van der Waals surface area (Å²) in [6.07, 6.45) is 1.79. The molecule has 0 amide bonds.